The van der Waals surface area contributed by atoms with Gasteiger partial charge in [0.2, 0.25) is 0 Å². The van der Waals surface area contributed by atoms with Gasteiger partial charge in [0.15, 0.2) is 0 Å². The van der Waals surface area contributed by atoms with E-state index in [2.05, 4.69) is 32.2 Å². The fourth-order valence-electron chi connectivity index (χ4n) is 1.91. The maximum Gasteiger partial charge on any atom is 0.130 e. The van der Waals surface area contributed by atoms with Crippen LogP contribution in [-0.2, 0) is 5.41 Å². The molecule has 0 aromatic heterocycles. The Morgan fingerprint density at radius 2 is 2.05 bits per heavy atom. The molecule has 1 rings (SSSR count). The second-order valence-corrected chi connectivity index (χ2v) is 5.66. The summed E-state index contributed by atoms with van der Waals surface area (Å²) in [5.41, 5.74) is 1.02. The zero-order chi connectivity index (χ0) is 15.2. The van der Waals surface area contributed by atoms with Crippen molar-refractivity contribution in [2.75, 3.05) is 20.3 Å². The van der Waals surface area contributed by atoms with Crippen LogP contribution in [-0.4, -0.2) is 26.3 Å². The van der Waals surface area contributed by atoms with Crippen LogP contribution in [0.15, 0.2) is 18.2 Å². The summed E-state index contributed by atoms with van der Waals surface area (Å²) < 4.78 is 11.1. The summed E-state index contributed by atoms with van der Waals surface area (Å²) in [5, 5.41) is 12.1. The molecule has 0 aliphatic heterocycles. The molecule has 0 radical (unpaired) electrons. The van der Waals surface area contributed by atoms with Gasteiger partial charge in [0, 0.05) is 5.56 Å². The summed E-state index contributed by atoms with van der Waals surface area (Å²) in [6.07, 6.45) is 0. The van der Waals surface area contributed by atoms with Crippen molar-refractivity contribution < 1.29 is 9.47 Å². The molecule has 1 aromatic rings. The Morgan fingerprint density at radius 1 is 1.35 bits per heavy atom. The van der Waals surface area contributed by atoms with Crippen LogP contribution in [0, 0.1) is 11.3 Å². The molecule has 1 unspecified atom stereocenters. The Labute approximate surface area is 121 Å². The molecular weight excluding hydrogens is 252 g/mol. The van der Waals surface area contributed by atoms with Crippen LogP contribution in [0.5, 0.6) is 11.5 Å². The predicted octanol–water partition coefficient (Wildman–Crippen LogP) is 2.87. The lowest BCUT2D eigenvalue weighted by Crippen LogP contribution is -2.33. The predicted molar refractivity (Wildman–Crippen MR) is 80.3 cm³/mol. The van der Waals surface area contributed by atoms with E-state index in [4.69, 9.17) is 14.7 Å². The van der Waals surface area contributed by atoms with Crippen molar-refractivity contribution in [2.24, 2.45) is 0 Å². The standard InChI is InChI=1S/C16H24N2O2/c1-6-18-12(10-17)11-20-15-8-7-13(19-5)9-14(15)16(2,3)4/h7-9,12,18H,6,11H2,1-5H3. The molecular formula is C16H24N2O2. The maximum atomic E-state index is 9.03. The van der Waals surface area contributed by atoms with Crippen LogP contribution in [0.1, 0.15) is 33.3 Å². The number of likely N-dealkylation sites (N-methyl/N-ethyl adjacent to an activating group) is 1. The van der Waals surface area contributed by atoms with E-state index in [-0.39, 0.29) is 11.5 Å². The number of nitrogens with one attached hydrogen (secondary N) is 1. The Bertz CT molecular complexity index is 472. The van der Waals surface area contributed by atoms with Crippen molar-refractivity contribution in [1.82, 2.24) is 5.32 Å². The minimum absolute atomic E-state index is 0.0514. The van der Waals surface area contributed by atoms with E-state index in [9.17, 15) is 0 Å². The van der Waals surface area contributed by atoms with Gasteiger partial charge in [-0.2, -0.15) is 5.26 Å². The number of rotatable bonds is 6. The van der Waals surface area contributed by atoms with Crippen LogP contribution >= 0.6 is 0 Å². The third-order valence-corrected chi connectivity index (χ3v) is 3.01. The van der Waals surface area contributed by atoms with Crippen molar-refractivity contribution in [3.8, 4) is 17.6 Å². The van der Waals surface area contributed by atoms with Gasteiger partial charge < -0.3 is 9.47 Å². The zero-order valence-electron chi connectivity index (χ0n) is 13.0. The highest BCUT2D eigenvalue weighted by molar-refractivity contribution is 5.44. The molecule has 4 heteroatoms. The van der Waals surface area contributed by atoms with Gasteiger partial charge in [0.1, 0.15) is 24.1 Å². The van der Waals surface area contributed by atoms with Crippen LogP contribution in [0.25, 0.3) is 0 Å². The number of ether oxygens (including phenoxy) is 2. The first-order valence-electron chi connectivity index (χ1n) is 6.86. The van der Waals surface area contributed by atoms with Gasteiger partial charge in [-0.1, -0.05) is 27.7 Å². The third-order valence-electron chi connectivity index (χ3n) is 3.01. The van der Waals surface area contributed by atoms with Gasteiger partial charge in [-0.25, -0.2) is 0 Å². The first-order chi connectivity index (χ1) is 9.42. The van der Waals surface area contributed by atoms with E-state index in [1.54, 1.807) is 7.11 Å². The van der Waals surface area contributed by atoms with Gasteiger partial charge in [0.25, 0.3) is 0 Å². The first kappa shape index (κ1) is 16.3. The summed E-state index contributed by atoms with van der Waals surface area (Å²) in [6.45, 7) is 9.43. The van der Waals surface area contributed by atoms with Crippen molar-refractivity contribution in [2.45, 2.75) is 39.2 Å². The number of hydrogen-bond donors (Lipinski definition) is 1. The molecule has 0 saturated carbocycles. The molecule has 4 nitrogen and oxygen atoms in total. The second-order valence-electron chi connectivity index (χ2n) is 5.66. The third kappa shape index (κ3) is 4.43. The number of methoxy groups -OCH3 is 1. The first-order valence-corrected chi connectivity index (χ1v) is 6.86. The lowest BCUT2D eigenvalue weighted by atomic mass is 9.86. The van der Waals surface area contributed by atoms with Gasteiger partial charge >= 0.3 is 0 Å². The summed E-state index contributed by atoms with van der Waals surface area (Å²) in [7, 11) is 1.65. The topological polar surface area (TPSA) is 54.3 Å². The Morgan fingerprint density at radius 3 is 2.55 bits per heavy atom. The molecule has 0 spiro atoms. The molecule has 20 heavy (non-hydrogen) atoms. The normalized spacial score (nSPS) is 12.6. The highest BCUT2D eigenvalue weighted by Gasteiger charge is 2.20. The van der Waals surface area contributed by atoms with Crippen LogP contribution < -0.4 is 14.8 Å². The Kier molecular flexibility index (Phi) is 5.84. The molecule has 0 fully saturated rings. The Hall–Kier alpha value is -1.73. The van der Waals surface area contributed by atoms with Crippen molar-refractivity contribution in [3.63, 3.8) is 0 Å². The number of nitriles is 1. The van der Waals surface area contributed by atoms with E-state index in [1.165, 1.54) is 0 Å². The SMILES string of the molecule is CCNC(C#N)COc1ccc(OC)cc1C(C)(C)C. The molecule has 0 aliphatic carbocycles. The van der Waals surface area contributed by atoms with Crippen LogP contribution in [0.2, 0.25) is 0 Å². The number of hydrogen-bond acceptors (Lipinski definition) is 4. The molecule has 1 N–H and O–H groups in total. The quantitative estimate of drug-likeness (QED) is 0.868. The fourth-order valence-corrected chi connectivity index (χ4v) is 1.91. The molecule has 1 aromatic carbocycles. The van der Waals surface area contributed by atoms with Crippen molar-refractivity contribution >= 4 is 0 Å². The highest BCUT2D eigenvalue weighted by atomic mass is 16.5. The van der Waals surface area contributed by atoms with Crippen molar-refractivity contribution in [1.29, 1.82) is 5.26 Å². The lowest BCUT2D eigenvalue weighted by Gasteiger charge is -2.24. The van der Waals surface area contributed by atoms with Crippen molar-refractivity contribution in [3.05, 3.63) is 23.8 Å². The highest BCUT2D eigenvalue weighted by Crippen LogP contribution is 2.34. The second kappa shape index (κ2) is 7.16. The zero-order valence-corrected chi connectivity index (χ0v) is 13.0. The van der Waals surface area contributed by atoms with E-state index < -0.39 is 0 Å². The molecule has 1 atom stereocenters. The van der Waals surface area contributed by atoms with E-state index in [0.717, 1.165) is 23.6 Å². The van der Waals surface area contributed by atoms with Gasteiger partial charge in [0.05, 0.1) is 13.2 Å². The molecule has 110 valence electrons. The minimum atomic E-state index is -0.296. The van der Waals surface area contributed by atoms with E-state index in [1.807, 2.05) is 25.1 Å². The molecule has 0 heterocycles. The summed E-state index contributed by atoms with van der Waals surface area (Å²) in [4.78, 5) is 0. The summed E-state index contributed by atoms with van der Waals surface area (Å²) >= 11 is 0. The van der Waals surface area contributed by atoms with Crippen LogP contribution in [0.3, 0.4) is 0 Å². The maximum absolute atomic E-state index is 9.03. The summed E-state index contributed by atoms with van der Waals surface area (Å²) in [6, 6.07) is 7.66. The largest absolute Gasteiger partial charge is 0.497 e. The molecule has 0 amide bonds. The molecule has 0 aliphatic rings. The molecule has 0 bridgehead atoms. The minimum Gasteiger partial charge on any atom is -0.497 e. The van der Waals surface area contributed by atoms with Gasteiger partial charge in [-0.05, 0) is 30.2 Å². The lowest BCUT2D eigenvalue weighted by molar-refractivity contribution is 0.283. The average molecular weight is 276 g/mol. The van der Waals surface area contributed by atoms with Gasteiger partial charge in [-0.15, -0.1) is 0 Å². The summed E-state index contributed by atoms with van der Waals surface area (Å²) in [5.74, 6) is 1.61. The smallest absolute Gasteiger partial charge is 0.130 e. The number of benzene rings is 1. The average Bonchev–Trinajstić information content (AvgIpc) is 2.42. The monoisotopic (exact) mass is 276 g/mol. The fraction of sp³-hybridized carbons (Fsp3) is 0.562. The van der Waals surface area contributed by atoms with Crippen LogP contribution in [0.4, 0.5) is 0 Å². The van der Waals surface area contributed by atoms with Gasteiger partial charge in [-0.3, -0.25) is 5.32 Å². The molecule has 0 saturated heterocycles. The number of nitrogens with zero attached hydrogens (tertiary/aromatic N) is 1. The van der Waals surface area contributed by atoms with E-state index in [0.29, 0.717) is 6.61 Å². The van der Waals surface area contributed by atoms with E-state index >= 15 is 0 Å². The Balaban J connectivity index is 2.92.